The minimum absolute atomic E-state index is 0.0307. The van der Waals surface area contributed by atoms with Crippen molar-refractivity contribution < 1.29 is 32.2 Å². The number of likely N-dealkylation sites (tertiary alicyclic amines) is 1. The highest BCUT2D eigenvalue weighted by atomic mass is 32.2. The molecule has 1 amide bonds. The van der Waals surface area contributed by atoms with Crippen molar-refractivity contribution in [3.63, 3.8) is 0 Å². The highest BCUT2D eigenvalue weighted by Gasteiger charge is 2.53. The molecule has 0 saturated carbocycles. The van der Waals surface area contributed by atoms with Gasteiger partial charge in [0.15, 0.2) is 0 Å². The van der Waals surface area contributed by atoms with Crippen molar-refractivity contribution in [2.45, 2.75) is 63.5 Å². The molecular weight excluding hydrogens is 669 g/mol. The van der Waals surface area contributed by atoms with Crippen molar-refractivity contribution in [1.82, 2.24) is 9.21 Å². The molecule has 4 aromatic carbocycles. The molecule has 50 heavy (non-hydrogen) atoms. The van der Waals surface area contributed by atoms with Crippen molar-refractivity contribution >= 4 is 34.8 Å². The van der Waals surface area contributed by atoms with Crippen molar-refractivity contribution in [2.75, 3.05) is 26.6 Å². The van der Waals surface area contributed by atoms with Crippen LogP contribution in [-0.4, -0.2) is 81.8 Å². The summed E-state index contributed by atoms with van der Waals surface area (Å²) in [4.78, 5) is 15.6. The lowest BCUT2D eigenvalue weighted by Crippen LogP contribution is -2.67. The number of rotatable bonds is 13. The second-order valence-electron chi connectivity index (χ2n) is 13.8. The highest BCUT2D eigenvalue weighted by molar-refractivity contribution is 7.88. The largest absolute Gasteiger partial charge is 0.497 e. The third-order valence-electron chi connectivity index (χ3n) is 9.51. The van der Waals surface area contributed by atoms with Crippen molar-refractivity contribution in [3.8, 4) is 5.75 Å². The van der Waals surface area contributed by atoms with Gasteiger partial charge in [-0.3, -0.25) is 4.90 Å². The Labute approximate surface area is 297 Å². The Morgan fingerprint density at radius 2 is 1.40 bits per heavy atom. The van der Waals surface area contributed by atoms with Crippen LogP contribution in [0.3, 0.4) is 0 Å². The van der Waals surface area contributed by atoms with Gasteiger partial charge in [-0.15, -0.1) is 0 Å². The number of ether oxygens (including phenoxy) is 2. The van der Waals surface area contributed by atoms with Gasteiger partial charge in [0.2, 0.25) is 10.0 Å². The second-order valence-corrected chi connectivity index (χ2v) is 20.0. The summed E-state index contributed by atoms with van der Waals surface area (Å²) in [6.07, 6.45) is 0.770. The molecule has 1 aliphatic heterocycles. The van der Waals surface area contributed by atoms with Crippen molar-refractivity contribution in [1.29, 1.82) is 0 Å². The molecule has 0 unspecified atom stereocenters. The van der Waals surface area contributed by atoms with Gasteiger partial charge >= 0.3 is 6.09 Å². The summed E-state index contributed by atoms with van der Waals surface area (Å²) in [6, 6.07) is 34.8. The number of carbonyl (C=O) groups excluding carboxylic acids is 1. The van der Waals surface area contributed by atoms with E-state index >= 15 is 0 Å². The Kier molecular flexibility index (Phi) is 11.9. The lowest BCUT2D eigenvalue weighted by Gasteiger charge is -2.44. The molecule has 0 aromatic heterocycles. The maximum atomic E-state index is 14.1. The summed E-state index contributed by atoms with van der Waals surface area (Å²) >= 11 is 0. The fraction of sp³-hybridized carbons (Fsp3) is 0.359. The van der Waals surface area contributed by atoms with E-state index < -0.39 is 49.2 Å². The van der Waals surface area contributed by atoms with E-state index in [1.54, 1.807) is 19.2 Å². The van der Waals surface area contributed by atoms with E-state index in [0.29, 0.717) is 5.75 Å². The molecule has 1 heterocycles. The molecule has 0 aliphatic carbocycles. The third kappa shape index (κ3) is 8.13. The average Bonchev–Trinajstić information content (AvgIpc) is 3.48. The molecule has 5 rings (SSSR count). The zero-order valence-electron chi connectivity index (χ0n) is 29.4. The Morgan fingerprint density at radius 3 is 1.88 bits per heavy atom. The van der Waals surface area contributed by atoms with Gasteiger partial charge in [0, 0.05) is 6.54 Å². The molecule has 3 atom stereocenters. The van der Waals surface area contributed by atoms with Gasteiger partial charge in [0.1, 0.15) is 12.4 Å². The number of aliphatic hydroxyl groups excluding tert-OH is 1. The zero-order chi connectivity index (χ0) is 35.9. The topological polar surface area (TPSA) is 106 Å². The molecule has 266 valence electrons. The van der Waals surface area contributed by atoms with E-state index in [1.807, 2.05) is 78.9 Å². The number of aliphatic hydroxyl groups is 1. The van der Waals surface area contributed by atoms with Gasteiger partial charge in [-0.05, 0) is 45.1 Å². The van der Waals surface area contributed by atoms with Crippen LogP contribution in [0.5, 0.6) is 5.75 Å². The van der Waals surface area contributed by atoms with E-state index in [1.165, 1.54) is 9.21 Å². The predicted molar refractivity (Wildman–Crippen MR) is 198 cm³/mol. The first-order valence-electron chi connectivity index (χ1n) is 16.8. The fourth-order valence-electron chi connectivity index (χ4n) is 7.13. The second kappa shape index (κ2) is 15.9. The van der Waals surface area contributed by atoms with Gasteiger partial charge in [0.05, 0.1) is 44.7 Å². The van der Waals surface area contributed by atoms with Gasteiger partial charge in [-0.25, -0.2) is 13.2 Å². The SMILES string of the molecule is COc1ccc(CN([C@H]2C[C@@H](CO[Si](c3ccccc3)(c3ccccc3)C(C)(C)C)N(C(=O)OCc3ccccc3)[C@H]2CO)S(C)(=O)=O)cc1. The smallest absolute Gasteiger partial charge is 0.410 e. The molecule has 0 spiro atoms. The van der Waals surface area contributed by atoms with E-state index in [0.717, 1.165) is 27.8 Å². The Morgan fingerprint density at radius 1 is 0.860 bits per heavy atom. The van der Waals surface area contributed by atoms with Gasteiger partial charge < -0.3 is 19.0 Å². The molecule has 1 saturated heterocycles. The van der Waals surface area contributed by atoms with Crippen LogP contribution >= 0.6 is 0 Å². The quantitative estimate of drug-likeness (QED) is 0.190. The molecule has 9 nitrogen and oxygen atoms in total. The third-order valence-corrected chi connectivity index (χ3v) is 15.8. The van der Waals surface area contributed by atoms with E-state index in [9.17, 15) is 18.3 Å². The molecule has 4 aromatic rings. The number of amides is 1. The monoisotopic (exact) mass is 716 g/mol. The maximum Gasteiger partial charge on any atom is 0.410 e. The minimum Gasteiger partial charge on any atom is -0.497 e. The number of hydrogen-bond donors (Lipinski definition) is 1. The number of hydrogen-bond acceptors (Lipinski definition) is 7. The number of carbonyl (C=O) groups is 1. The number of sulfonamides is 1. The summed E-state index contributed by atoms with van der Waals surface area (Å²) in [5, 5.41) is 12.7. The lowest BCUT2D eigenvalue weighted by molar-refractivity contribution is 0.0483. The number of methoxy groups -OCH3 is 1. The molecule has 11 heteroatoms. The molecule has 1 N–H and O–H groups in total. The van der Waals surface area contributed by atoms with E-state index in [-0.39, 0.29) is 31.2 Å². The summed E-state index contributed by atoms with van der Waals surface area (Å²) in [6.45, 7) is 6.27. The molecule has 1 fully saturated rings. The summed E-state index contributed by atoms with van der Waals surface area (Å²) in [5.41, 5.74) is 1.56. The van der Waals surface area contributed by atoms with Crippen LogP contribution < -0.4 is 15.1 Å². The van der Waals surface area contributed by atoms with Gasteiger partial charge in [0.25, 0.3) is 8.32 Å². The first-order chi connectivity index (χ1) is 23.9. The standard InChI is InChI=1S/C39H48N2O7SSi/c1-39(2,3)50(34-17-11-7-12-18-34,35-19-13-8-14-20-35)48-29-32-25-36(40(49(5,44)45)26-30-21-23-33(46-4)24-22-30)37(27-42)41(32)38(43)47-28-31-15-9-6-10-16-31/h6-24,32,36-37,42H,25-29H2,1-5H3/t32-,36-,37-/m0/s1. The van der Waals surface area contributed by atoms with Crippen LogP contribution in [0, 0.1) is 0 Å². The van der Waals surface area contributed by atoms with Crippen molar-refractivity contribution in [3.05, 3.63) is 126 Å². The summed E-state index contributed by atoms with van der Waals surface area (Å²) in [7, 11) is -5.26. The molecule has 0 bridgehead atoms. The maximum absolute atomic E-state index is 14.1. The van der Waals surface area contributed by atoms with Gasteiger partial charge in [-0.1, -0.05) is 124 Å². The van der Waals surface area contributed by atoms with Gasteiger partial charge in [-0.2, -0.15) is 4.31 Å². The normalized spacial score (nSPS) is 18.3. The van der Waals surface area contributed by atoms with Crippen LogP contribution in [0.1, 0.15) is 38.3 Å². The predicted octanol–water partition coefficient (Wildman–Crippen LogP) is 5.17. The zero-order valence-corrected chi connectivity index (χ0v) is 31.3. The van der Waals surface area contributed by atoms with Crippen LogP contribution in [0.25, 0.3) is 0 Å². The van der Waals surface area contributed by atoms with Crippen LogP contribution in [0.15, 0.2) is 115 Å². The first-order valence-corrected chi connectivity index (χ1v) is 20.6. The van der Waals surface area contributed by atoms with Crippen LogP contribution in [0.2, 0.25) is 5.04 Å². The van der Waals surface area contributed by atoms with Crippen molar-refractivity contribution in [2.24, 2.45) is 0 Å². The molecule has 0 radical (unpaired) electrons. The average molecular weight is 717 g/mol. The Bertz CT molecular complexity index is 1750. The summed E-state index contributed by atoms with van der Waals surface area (Å²) in [5.74, 6) is 0.654. The fourth-order valence-corrected chi connectivity index (χ4v) is 12.8. The molecular formula is C39H48N2O7SSi. The molecule has 1 aliphatic rings. The van der Waals surface area contributed by atoms with Crippen LogP contribution in [0.4, 0.5) is 4.79 Å². The number of nitrogens with zero attached hydrogens (tertiary/aromatic N) is 2. The summed E-state index contributed by atoms with van der Waals surface area (Å²) < 4.78 is 46.8. The van der Waals surface area contributed by atoms with Crippen LogP contribution in [-0.2, 0) is 32.3 Å². The Hall–Kier alpha value is -4.00. The minimum atomic E-state index is -3.81. The first kappa shape index (κ1) is 37.3. The highest BCUT2D eigenvalue weighted by Crippen LogP contribution is 2.39. The van der Waals surface area contributed by atoms with E-state index in [4.69, 9.17) is 13.9 Å². The van der Waals surface area contributed by atoms with E-state index in [2.05, 4.69) is 45.0 Å². The Balaban J connectivity index is 1.54. The lowest BCUT2D eigenvalue weighted by atomic mass is 10.1. The number of benzene rings is 4.